The first kappa shape index (κ1) is 23.9. The van der Waals surface area contributed by atoms with Crippen LogP contribution in [0.25, 0.3) is 0 Å². The first-order chi connectivity index (χ1) is 14.1. The number of carbonyl (C=O) groups excluding carboxylic acids is 1. The van der Waals surface area contributed by atoms with Crippen molar-refractivity contribution >= 4 is 35.8 Å². The van der Waals surface area contributed by atoms with E-state index in [9.17, 15) is 4.79 Å². The molecule has 10 heteroatoms. The van der Waals surface area contributed by atoms with Crippen molar-refractivity contribution in [3.05, 3.63) is 48.5 Å². The van der Waals surface area contributed by atoms with Crippen LogP contribution >= 0.6 is 24.0 Å². The minimum Gasteiger partial charge on any atom is -0.459 e. The molecule has 9 nitrogen and oxygen atoms in total. The van der Waals surface area contributed by atoms with Gasteiger partial charge in [-0.25, -0.2) is 4.99 Å². The maximum atomic E-state index is 12.5. The van der Waals surface area contributed by atoms with Crippen LogP contribution in [0, 0.1) is 0 Å². The fourth-order valence-corrected chi connectivity index (χ4v) is 3.18. The number of piperazine rings is 1. The van der Waals surface area contributed by atoms with Gasteiger partial charge in [-0.15, -0.1) is 34.2 Å². The molecule has 2 aromatic rings. The third-order valence-electron chi connectivity index (χ3n) is 4.74. The Balaban J connectivity index is 0.00000320. The second-order valence-electron chi connectivity index (χ2n) is 7.07. The zero-order valence-electron chi connectivity index (χ0n) is 17.6. The van der Waals surface area contributed by atoms with Crippen LogP contribution in [0.2, 0.25) is 0 Å². The molecule has 0 bridgehead atoms. The average molecular weight is 527 g/mol. The Bertz CT molecular complexity index is 839. The van der Waals surface area contributed by atoms with Gasteiger partial charge >= 0.3 is 0 Å². The molecule has 3 heterocycles. The van der Waals surface area contributed by atoms with Crippen LogP contribution in [0.3, 0.4) is 0 Å². The first-order valence-electron chi connectivity index (χ1n) is 9.95. The molecule has 1 N–H and O–H groups in total. The van der Waals surface area contributed by atoms with Gasteiger partial charge in [0, 0.05) is 45.7 Å². The van der Waals surface area contributed by atoms with E-state index in [1.54, 1.807) is 18.5 Å². The van der Waals surface area contributed by atoms with Crippen LogP contribution in [0.1, 0.15) is 30.2 Å². The van der Waals surface area contributed by atoms with Gasteiger partial charge in [-0.3, -0.25) is 4.79 Å². The van der Waals surface area contributed by atoms with Crippen molar-refractivity contribution < 1.29 is 9.21 Å². The lowest BCUT2D eigenvalue weighted by Gasteiger charge is -2.36. The van der Waals surface area contributed by atoms with Gasteiger partial charge in [0.2, 0.25) is 0 Å². The Hall–Kier alpha value is -2.37. The SMILES string of the molecule is C=C(C)CN=C(NCCn1cnnc1CC)N1CCN(C(=O)c2ccco2)CC1.I. The average Bonchev–Trinajstić information content (AvgIpc) is 3.42. The Morgan fingerprint density at radius 3 is 2.67 bits per heavy atom. The predicted octanol–water partition coefficient (Wildman–Crippen LogP) is 2.03. The molecule has 164 valence electrons. The van der Waals surface area contributed by atoms with Crippen LogP contribution in [0.5, 0.6) is 0 Å². The number of carbonyl (C=O) groups is 1. The van der Waals surface area contributed by atoms with E-state index in [-0.39, 0.29) is 29.9 Å². The van der Waals surface area contributed by atoms with Crippen molar-refractivity contribution in [2.24, 2.45) is 4.99 Å². The quantitative estimate of drug-likeness (QED) is 0.257. The number of hydrogen-bond donors (Lipinski definition) is 1. The Labute approximate surface area is 194 Å². The summed E-state index contributed by atoms with van der Waals surface area (Å²) in [5.74, 6) is 2.12. The Kier molecular flexibility index (Phi) is 9.34. The number of halogens is 1. The number of nitrogens with zero attached hydrogens (tertiary/aromatic N) is 6. The summed E-state index contributed by atoms with van der Waals surface area (Å²) in [6.45, 7) is 12.7. The van der Waals surface area contributed by atoms with E-state index in [1.165, 1.54) is 6.26 Å². The summed E-state index contributed by atoms with van der Waals surface area (Å²) < 4.78 is 7.28. The zero-order chi connectivity index (χ0) is 20.6. The highest BCUT2D eigenvalue weighted by molar-refractivity contribution is 14.0. The van der Waals surface area contributed by atoms with Crippen molar-refractivity contribution in [1.82, 2.24) is 29.9 Å². The lowest BCUT2D eigenvalue weighted by atomic mass is 10.3. The maximum Gasteiger partial charge on any atom is 0.289 e. The Morgan fingerprint density at radius 2 is 2.03 bits per heavy atom. The molecule has 0 spiro atoms. The third kappa shape index (κ3) is 6.31. The van der Waals surface area contributed by atoms with Crippen molar-refractivity contribution in [2.45, 2.75) is 26.8 Å². The standard InChI is InChI=1S/C20H29N7O2.HI/c1-4-18-24-23-15-27(18)8-7-21-20(22-14-16(2)3)26-11-9-25(10-12-26)19(28)17-6-5-13-29-17;/h5-6,13,15H,2,4,7-12,14H2,1,3H3,(H,21,22);1H. The molecule has 0 radical (unpaired) electrons. The fraction of sp³-hybridized carbons (Fsp3) is 0.500. The normalized spacial score (nSPS) is 14.4. The smallest absolute Gasteiger partial charge is 0.289 e. The highest BCUT2D eigenvalue weighted by atomic mass is 127. The van der Waals surface area contributed by atoms with Gasteiger partial charge in [-0.1, -0.05) is 19.1 Å². The van der Waals surface area contributed by atoms with Gasteiger partial charge in [0.25, 0.3) is 5.91 Å². The van der Waals surface area contributed by atoms with Crippen LogP contribution in [-0.4, -0.2) is 75.7 Å². The van der Waals surface area contributed by atoms with Crippen LogP contribution in [-0.2, 0) is 13.0 Å². The number of aromatic nitrogens is 3. The molecule has 0 saturated carbocycles. The second-order valence-corrected chi connectivity index (χ2v) is 7.07. The number of guanidine groups is 1. The molecule has 1 amide bonds. The fourth-order valence-electron chi connectivity index (χ4n) is 3.18. The molecule has 0 aliphatic carbocycles. The summed E-state index contributed by atoms with van der Waals surface area (Å²) in [4.78, 5) is 21.2. The molecule has 1 aliphatic rings. The van der Waals surface area contributed by atoms with Crippen molar-refractivity contribution in [3.63, 3.8) is 0 Å². The van der Waals surface area contributed by atoms with E-state index in [4.69, 9.17) is 9.41 Å². The van der Waals surface area contributed by atoms with E-state index in [0.29, 0.717) is 45.0 Å². The van der Waals surface area contributed by atoms with E-state index < -0.39 is 0 Å². The lowest BCUT2D eigenvalue weighted by molar-refractivity contribution is 0.0657. The van der Waals surface area contributed by atoms with E-state index >= 15 is 0 Å². The Morgan fingerprint density at radius 1 is 1.30 bits per heavy atom. The molecule has 0 atom stereocenters. The van der Waals surface area contributed by atoms with Gasteiger partial charge in [0.15, 0.2) is 11.7 Å². The minimum absolute atomic E-state index is 0. The summed E-state index contributed by atoms with van der Waals surface area (Å²) in [5.41, 5.74) is 1.00. The maximum absolute atomic E-state index is 12.5. The summed E-state index contributed by atoms with van der Waals surface area (Å²) in [6, 6.07) is 3.43. The van der Waals surface area contributed by atoms with E-state index in [1.807, 2.05) is 16.4 Å². The molecule has 0 unspecified atom stereocenters. The number of aryl methyl sites for hydroxylation is 1. The number of hydrogen-bond acceptors (Lipinski definition) is 5. The summed E-state index contributed by atoms with van der Waals surface area (Å²) >= 11 is 0. The van der Waals surface area contributed by atoms with Crippen LogP contribution in [0.4, 0.5) is 0 Å². The van der Waals surface area contributed by atoms with E-state index in [0.717, 1.165) is 30.3 Å². The van der Waals surface area contributed by atoms with Crippen LogP contribution < -0.4 is 5.32 Å². The van der Waals surface area contributed by atoms with Crippen molar-refractivity contribution in [2.75, 3.05) is 39.3 Å². The molecule has 3 rings (SSSR count). The number of rotatable bonds is 7. The minimum atomic E-state index is -0.0669. The number of amides is 1. The van der Waals surface area contributed by atoms with Crippen molar-refractivity contribution in [3.8, 4) is 0 Å². The zero-order valence-corrected chi connectivity index (χ0v) is 19.9. The molecule has 2 aromatic heterocycles. The molecular weight excluding hydrogens is 497 g/mol. The molecule has 1 aliphatic heterocycles. The van der Waals surface area contributed by atoms with Crippen molar-refractivity contribution in [1.29, 1.82) is 0 Å². The molecule has 0 aromatic carbocycles. The lowest BCUT2D eigenvalue weighted by Crippen LogP contribution is -2.54. The predicted molar refractivity (Wildman–Crippen MR) is 126 cm³/mol. The first-order valence-corrected chi connectivity index (χ1v) is 9.95. The summed E-state index contributed by atoms with van der Waals surface area (Å²) in [6.07, 6.45) is 4.13. The largest absolute Gasteiger partial charge is 0.459 e. The van der Waals surface area contributed by atoms with Gasteiger partial charge < -0.3 is 24.1 Å². The summed E-state index contributed by atoms with van der Waals surface area (Å²) in [7, 11) is 0. The van der Waals surface area contributed by atoms with Gasteiger partial charge in [0.1, 0.15) is 12.2 Å². The molecular formula is C20H30IN7O2. The summed E-state index contributed by atoms with van der Waals surface area (Å²) in [5, 5.41) is 11.5. The molecule has 1 fully saturated rings. The van der Waals surface area contributed by atoms with E-state index in [2.05, 4.69) is 33.9 Å². The topological polar surface area (TPSA) is 91.8 Å². The number of aliphatic imine (C=N–C) groups is 1. The van der Waals surface area contributed by atoms with Crippen LogP contribution in [0.15, 0.2) is 46.3 Å². The van der Waals surface area contributed by atoms with Gasteiger partial charge in [-0.05, 0) is 19.1 Å². The molecule has 30 heavy (non-hydrogen) atoms. The third-order valence-corrected chi connectivity index (χ3v) is 4.74. The monoisotopic (exact) mass is 527 g/mol. The van der Waals surface area contributed by atoms with Gasteiger partial charge in [-0.2, -0.15) is 0 Å². The second kappa shape index (κ2) is 11.7. The highest BCUT2D eigenvalue weighted by Crippen LogP contribution is 2.10. The highest BCUT2D eigenvalue weighted by Gasteiger charge is 2.25. The van der Waals surface area contributed by atoms with Gasteiger partial charge in [0.05, 0.1) is 12.8 Å². The molecule has 1 saturated heterocycles. The number of furan rings is 1. The number of nitrogens with one attached hydrogen (secondary N) is 1.